The predicted octanol–water partition coefficient (Wildman–Crippen LogP) is 1.38. The number of rotatable bonds is 6. The van der Waals surface area contributed by atoms with Gasteiger partial charge in [0.1, 0.15) is 6.04 Å². The maximum absolute atomic E-state index is 13.1. The first-order valence-corrected chi connectivity index (χ1v) is 5.58. The predicted molar refractivity (Wildman–Crippen MR) is 63.2 cm³/mol. The van der Waals surface area contributed by atoms with Crippen LogP contribution in [0.5, 0.6) is 0 Å². The standard InChI is InChI=1S/C12H15F3N2O2/c1-17(2)4-3-16-11(12(18)19)7-5-8(13)10(15)9(14)6-7/h5-6,11,16H,3-4H2,1-2H3,(H,18,19). The Morgan fingerprint density at radius 2 is 1.84 bits per heavy atom. The number of hydrogen-bond donors (Lipinski definition) is 2. The molecular formula is C12H15F3N2O2. The van der Waals surface area contributed by atoms with Crippen molar-refractivity contribution in [3.05, 3.63) is 35.1 Å². The van der Waals surface area contributed by atoms with Gasteiger partial charge in [-0.3, -0.25) is 10.1 Å². The van der Waals surface area contributed by atoms with Gasteiger partial charge in [-0.1, -0.05) is 0 Å². The minimum Gasteiger partial charge on any atom is -0.480 e. The summed E-state index contributed by atoms with van der Waals surface area (Å²) in [5.41, 5.74) is -0.164. The fourth-order valence-corrected chi connectivity index (χ4v) is 1.52. The van der Waals surface area contributed by atoms with Gasteiger partial charge in [0.25, 0.3) is 0 Å². The molecule has 4 nitrogen and oxygen atoms in total. The van der Waals surface area contributed by atoms with Crippen LogP contribution in [0.25, 0.3) is 0 Å². The highest BCUT2D eigenvalue weighted by Gasteiger charge is 2.22. The molecule has 1 unspecified atom stereocenters. The molecule has 1 atom stereocenters. The molecule has 0 amide bonds. The summed E-state index contributed by atoms with van der Waals surface area (Å²) >= 11 is 0. The molecule has 0 aromatic heterocycles. The first kappa shape index (κ1) is 15.5. The molecule has 0 saturated heterocycles. The van der Waals surface area contributed by atoms with Crippen LogP contribution in [0.1, 0.15) is 11.6 Å². The minimum absolute atomic E-state index is 0.164. The maximum atomic E-state index is 13.1. The van der Waals surface area contributed by atoms with Gasteiger partial charge in [0.2, 0.25) is 0 Å². The highest BCUT2D eigenvalue weighted by Crippen LogP contribution is 2.19. The summed E-state index contributed by atoms with van der Waals surface area (Å²) in [6, 6.07) is 0.0734. The molecule has 0 fully saturated rings. The third kappa shape index (κ3) is 4.22. The van der Waals surface area contributed by atoms with Crippen molar-refractivity contribution in [2.45, 2.75) is 6.04 Å². The average molecular weight is 276 g/mol. The number of carboxylic acid groups (broad SMARTS) is 1. The number of nitrogens with zero attached hydrogens (tertiary/aromatic N) is 1. The monoisotopic (exact) mass is 276 g/mol. The van der Waals surface area contributed by atoms with E-state index in [1.165, 1.54) is 0 Å². The number of benzene rings is 1. The highest BCUT2D eigenvalue weighted by atomic mass is 19.2. The second-order valence-corrected chi connectivity index (χ2v) is 4.33. The summed E-state index contributed by atoms with van der Waals surface area (Å²) in [7, 11) is 3.60. The van der Waals surface area contributed by atoms with Crippen molar-refractivity contribution in [3.63, 3.8) is 0 Å². The molecule has 0 bridgehead atoms. The van der Waals surface area contributed by atoms with Gasteiger partial charge in [0, 0.05) is 13.1 Å². The van der Waals surface area contributed by atoms with Gasteiger partial charge < -0.3 is 10.0 Å². The van der Waals surface area contributed by atoms with Crippen LogP contribution in [-0.2, 0) is 4.79 Å². The Balaban J connectivity index is 2.90. The van der Waals surface area contributed by atoms with Crippen molar-refractivity contribution >= 4 is 5.97 Å². The van der Waals surface area contributed by atoms with Gasteiger partial charge in [-0.05, 0) is 31.8 Å². The van der Waals surface area contributed by atoms with Crippen molar-refractivity contribution in [2.75, 3.05) is 27.2 Å². The molecule has 19 heavy (non-hydrogen) atoms. The zero-order chi connectivity index (χ0) is 14.6. The number of nitrogens with one attached hydrogen (secondary N) is 1. The van der Waals surface area contributed by atoms with E-state index in [0.717, 1.165) is 0 Å². The molecule has 1 aromatic rings. The van der Waals surface area contributed by atoms with E-state index >= 15 is 0 Å². The molecule has 2 N–H and O–H groups in total. The Morgan fingerprint density at radius 3 is 2.26 bits per heavy atom. The molecule has 0 aliphatic carbocycles. The Hall–Kier alpha value is -1.60. The maximum Gasteiger partial charge on any atom is 0.325 e. The number of aliphatic carboxylic acids is 1. The van der Waals surface area contributed by atoms with Crippen LogP contribution >= 0.6 is 0 Å². The van der Waals surface area contributed by atoms with Crippen LogP contribution in [0.3, 0.4) is 0 Å². The van der Waals surface area contributed by atoms with E-state index in [9.17, 15) is 18.0 Å². The van der Waals surface area contributed by atoms with Gasteiger partial charge >= 0.3 is 5.97 Å². The smallest absolute Gasteiger partial charge is 0.325 e. The molecule has 7 heteroatoms. The van der Waals surface area contributed by atoms with Crippen LogP contribution < -0.4 is 5.32 Å². The number of halogens is 3. The molecule has 0 saturated carbocycles. The summed E-state index contributed by atoms with van der Waals surface area (Å²) in [5.74, 6) is -5.71. The first-order valence-electron chi connectivity index (χ1n) is 5.58. The van der Waals surface area contributed by atoms with Gasteiger partial charge in [-0.15, -0.1) is 0 Å². The normalized spacial score (nSPS) is 12.7. The molecule has 0 radical (unpaired) electrons. The number of hydrogen-bond acceptors (Lipinski definition) is 3. The fourth-order valence-electron chi connectivity index (χ4n) is 1.52. The quantitative estimate of drug-likeness (QED) is 0.771. The first-order chi connectivity index (χ1) is 8.82. The molecular weight excluding hydrogens is 261 g/mol. The van der Waals surface area contributed by atoms with Crippen molar-refractivity contribution < 1.29 is 23.1 Å². The van der Waals surface area contributed by atoms with Crippen LogP contribution in [0.2, 0.25) is 0 Å². The van der Waals surface area contributed by atoms with E-state index < -0.39 is 29.5 Å². The second kappa shape index (κ2) is 6.53. The Bertz CT molecular complexity index is 443. The number of carboxylic acids is 1. The third-order valence-corrected chi connectivity index (χ3v) is 2.49. The Labute approximate surface area is 108 Å². The fraction of sp³-hybridized carbons (Fsp3) is 0.417. The van der Waals surface area contributed by atoms with E-state index in [4.69, 9.17) is 5.11 Å². The van der Waals surface area contributed by atoms with E-state index in [-0.39, 0.29) is 5.56 Å². The number of likely N-dealkylation sites (N-methyl/N-ethyl adjacent to an activating group) is 1. The lowest BCUT2D eigenvalue weighted by Crippen LogP contribution is -2.34. The lowest BCUT2D eigenvalue weighted by Gasteiger charge is -2.17. The lowest BCUT2D eigenvalue weighted by atomic mass is 10.1. The summed E-state index contributed by atoms with van der Waals surface area (Å²) in [6.45, 7) is 0.862. The average Bonchev–Trinajstić information content (AvgIpc) is 2.30. The Kier molecular flexibility index (Phi) is 5.31. The van der Waals surface area contributed by atoms with Crippen LogP contribution in [0.15, 0.2) is 12.1 Å². The largest absolute Gasteiger partial charge is 0.480 e. The topological polar surface area (TPSA) is 52.6 Å². The van der Waals surface area contributed by atoms with Gasteiger partial charge in [0.05, 0.1) is 0 Å². The van der Waals surface area contributed by atoms with E-state index in [2.05, 4.69) is 5.32 Å². The summed E-state index contributed by atoms with van der Waals surface area (Å²) in [6.07, 6.45) is 0. The zero-order valence-corrected chi connectivity index (χ0v) is 10.6. The minimum atomic E-state index is -1.61. The van der Waals surface area contributed by atoms with Gasteiger partial charge in [-0.2, -0.15) is 0 Å². The van der Waals surface area contributed by atoms with Crippen LogP contribution in [0.4, 0.5) is 13.2 Å². The van der Waals surface area contributed by atoms with Gasteiger partial charge in [-0.25, -0.2) is 13.2 Å². The van der Waals surface area contributed by atoms with Gasteiger partial charge in [0.15, 0.2) is 17.5 Å². The third-order valence-electron chi connectivity index (χ3n) is 2.49. The van der Waals surface area contributed by atoms with E-state index in [1.807, 2.05) is 4.90 Å². The summed E-state index contributed by atoms with van der Waals surface area (Å²) < 4.78 is 38.9. The van der Waals surface area contributed by atoms with Crippen molar-refractivity contribution in [1.82, 2.24) is 10.2 Å². The number of carbonyl (C=O) groups is 1. The van der Waals surface area contributed by atoms with Crippen LogP contribution in [0, 0.1) is 17.5 Å². The molecule has 1 aromatic carbocycles. The van der Waals surface area contributed by atoms with Crippen molar-refractivity contribution in [1.29, 1.82) is 0 Å². The van der Waals surface area contributed by atoms with E-state index in [1.54, 1.807) is 14.1 Å². The van der Waals surface area contributed by atoms with Crippen LogP contribution in [-0.4, -0.2) is 43.2 Å². The molecule has 0 aliphatic rings. The second-order valence-electron chi connectivity index (χ2n) is 4.33. The summed E-state index contributed by atoms with van der Waals surface area (Å²) in [4.78, 5) is 12.9. The van der Waals surface area contributed by atoms with Crippen molar-refractivity contribution in [2.24, 2.45) is 0 Å². The molecule has 0 heterocycles. The van der Waals surface area contributed by atoms with Crippen molar-refractivity contribution in [3.8, 4) is 0 Å². The molecule has 1 rings (SSSR count). The molecule has 0 aliphatic heterocycles. The molecule has 106 valence electrons. The Morgan fingerprint density at radius 1 is 1.32 bits per heavy atom. The summed E-state index contributed by atoms with van der Waals surface area (Å²) in [5, 5.41) is 11.7. The zero-order valence-electron chi connectivity index (χ0n) is 10.6. The lowest BCUT2D eigenvalue weighted by molar-refractivity contribution is -0.139. The van der Waals surface area contributed by atoms with E-state index in [0.29, 0.717) is 25.2 Å². The SMILES string of the molecule is CN(C)CCNC(C(=O)O)c1cc(F)c(F)c(F)c1. The molecule has 0 spiro atoms. The highest BCUT2D eigenvalue weighted by molar-refractivity contribution is 5.75.